The first-order valence-electron chi connectivity index (χ1n) is 5.72. The number of benzene rings is 2. The van der Waals surface area contributed by atoms with Gasteiger partial charge < -0.3 is 4.74 Å². The van der Waals surface area contributed by atoms with Crippen molar-refractivity contribution >= 4 is 37.6 Å². The second-order valence-electron chi connectivity index (χ2n) is 4.21. The van der Waals surface area contributed by atoms with Gasteiger partial charge in [-0.15, -0.1) is 0 Å². The fourth-order valence-corrected chi connectivity index (χ4v) is 2.27. The van der Waals surface area contributed by atoms with E-state index in [4.69, 9.17) is 4.74 Å². The minimum absolute atomic E-state index is 0.0173. The van der Waals surface area contributed by atoms with Crippen molar-refractivity contribution in [1.82, 2.24) is 0 Å². The van der Waals surface area contributed by atoms with Crippen LogP contribution in [-0.2, 0) is 0 Å². The van der Waals surface area contributed by atoms with Crippen LogP contribution in [-0.4, -0.2) is 5.78 Å². The lowest BCUT2D eigenvalue weighted by atomic mass is 10.1. The molecule has 0 amide bonds. The highest BCUT2D eigenvalue weighted by Crippen LogP contribution is 2.30. The summed E-state index contributed by atoms with van der Waals surface area (Å²) < 4.78 is 7.72. The highest BCUT2D eigenvalue weighted by Gasteiger charge is 2.10. The number of hydrogen-bond donors (Lipinski definition) is 0. The lowest BCUT2D eigenvalue weighted by Gasteiger charge is -2.11. The second kappa shape index (κ2) is 5.88. The van der Waals surface area contributed by atoms with Crippen LogP contribution in [0.5, 0.6) is 11.5 Å². The molecule has 0 aliphatic carbocycles. The van der Waals surface area contributed by atoms with E-state index in [2.05, 4.69) is 31.9 Å². The molecule has 2 rings (SSSR count). The molecule has 0 aliphatic heterocycles. The first kappa shape index (κ1) is 14.3. The van der Waals surface area contributed by atoms with Crippen molar-refractivity contribution in [2.45, 2.75) is 13.8 Å². The molecule has 0 heterocycles. The number of aryl methyl sites for hydroxylation is 1. The van der Waals surface area contributed by atoms with E-state index >= 15 is 0 Å². The predicted octanol–water partition coefficient (Wildman–Crippen LogP) is 5.51. The molecule has 0 spiro atoms. The maximum Gasteiger partial charge on any atom is 0.163 e. The Morgan fingerprint density at radius 2 is 1.84 bits per heavy atom. The average Bonchev–Trinajstić information content (AvgIpc) is 2.33. The second-order valence-corrected chi connectivity index (χ2v) is 5.98. The lowest BCUT2D eigenvalue weighted by molar-refractivity contribution is 0.101. The number of halogens is 2. The normalized spacial score (nSPS) is 10.3. The first-order chi connectivity index (χ1) is 8.97. The van der Waals surface area contributed by atoms with E-state index in [-0.39, 0.29) is 5.78 Å². The van der Waals surface area contributed by atoms with Gasteiger partial charge in [-0.05, 0) is 55.8 Å². The van der Waals surface area contributed by atoms with Gasteiger partial charge in [-0.2, -0.15) is 0 Å². The van der Waals surface area contributed by atoms with Crippen molar-refractivity contribution < 1.29 is 9.53 Å². The molecular weight excluding hydrogens is 372 g/mol. The van der Waals surface area contributed by atoms with Crippen molar-refractivity contribution in [1.29, 1.82) is 0 Å². The van der Waals surface area contributed by atoms with E-state index in [0.717, 1.165) is 14.5 Å². The lowest BCUT2D eigenvalue weighted by Crippen LogP contribution is -1.97. The SMILES string of the molecule is CC(=O)c1ccc(Br)cc1Oc1ccc(Br)c(C)c1. The summed E-state index contributed by atoms with van der Waals surface area (Å²) in [4.78, 5) is 11.6. The summed E-state index contributed by atoms with van der Waals surface area (Å²) in [5.74, 6) is 1.25. The fraction of sp³-hybridized carbons (Fsp3) is 0.133. The minimum Gasteiger partial charge on any atom is -0.457 e. The largest absolute Gasteiger partial charge is 0.457 e. The van der Waals surface area contributed by atoms with Gasteiger partial charge in [0.25, 0.3) is 0 Å². The third kappa shape index (κ3) is 3.45. The quantitative estimate of drug-likeness (QED) is 0.652. The Morgan fingerprint density at radius 1 is 1.11 bits per heavy atom. The van der Waals surface area contributed by atoms with Crippen LogP contribution >= 0.6 is 31.9 Å². The summed E-state index contributed by atoms with van der Waals surface area (Å²) >= 11 is 6.83. The van der Waals surface area contributed by atoms with Crippen LogP contribution < -0.4 is 4.74 Å². The van der Waals surface area contributed by atoms with Crippen molar-refractivity contribution in [2.75, 3.05) is 0 Å². The van der Waals surface area contributed by atoms with Gasteiger partial charge in [0.1, 0.15) is 11.5 Å². The van der Waals surface area contributed by atoms with Gasteiger partial charge in [0, 0.05) is 8.95 Å². The highest BCUT2D eigenvalue weighted by atomic mass is 79.9. The molecule has 2 aromatic rings. The number of ether oxygens (including phenoxy) is 1. The third-order valence-corrected chi connectivity index (χ3v) is 4.06. The van der Waals surface area contributed by atoms with Gasteiger partial charge in [-0.3, -0.25) is 4.79 Å². The minimum atomic E-state index is -0.0173. The Balaban J connectivity index is 2.39. The van der Waals surface area contributed by atoms with Crippen LogP contribution in [0.4, 0.5) is 0 Å². The van der Waals surface area contributed by atoms with E-state index in [1.807, 2.05) is 31.2 Å². The Labute approximate surface area is 129 Å². The maximum atomic E-state index is 11.6. The predicted molar refractivity (Wildman–Crippen MR) is 83.1 cm³/mol. The molecule has 0 atom stereocenters. The van der Waals surface area contributed by atoms with Gasteiger partial charge in [0.15, 0.2) is 5.78 Å². The van der Waals surface area contributed by atoms with Crippen LogP contribution in [0.2, 0.25) is 0 Å². The Hall–Kier alpha value is -1.13. The third-order valence-electron chi connectivity index (χ3n) is 2.68. The Bertz CT molecular complexity index is 636. The maximum absolute atomic E-state index is 11.6. The zero-order valence-corrected chi connectivity index (χ0v) is 13.7. The molecule has 0 saturated heterocycles. The van der Waals surface area contributed by atoms with Gasteiger partial charge >= 0.3 is 0 Å². The Kier molecular flexibility index (Phi) is 4.42. The zero-order valence-electron chi connectivity index (χ0n) is 10.5. The molecule has 0 aromatic heterocycles. The molecule has 0 bridgehead atoms. The number of carbonyl (C=O) groups is 1. The van der Waals surface area contributed by atoms with Crippen LogP contribution in [0.15, 0.2) is 45.3 Å². The summed E-state index contributed by atoms with van der Waals surface area (Å²) in [6.45, 7) is 3.52. The monoisotopic (exact) mass is 382 g/mol. The molecule has 2 aromatic carbocycles. The summed E-state index contributed by atoms with van der Waals surface area (Å²) in [6.07, 6.45) is 0. The molecule has 4 heteroatoms. The number of ketones is 1. The standard InChI is InChI=1S/C15H12Br2O2/c1-9-7-12(4-6-14(9)17)19-15-8-11(16)3-5-13(15)10(2)18/h3-8H,1-2H3. The number of hydrogen-bond acceptors (Lipinski definition) is 2. The van der Waals surface area contributed by atoms with Crippen molar-refractivity contribution in [3.8, 4) is 11.5 Å². The van der Waals surface area contributed by atoms with E-state index in [1.165, 1.54) is 6.92 Å². The molecule has 98 valence electrons. The van der Waals surface area contributed by atoms with Crippen LogP contribution in [0, 0.1) is 6.92 Å². The Morgan fingerprint density at radius 3 is 2.47 bits per heavy atom. The van der Waals surface area contributed by atoms with Crippen LogP contribution in [0.1, 0.15) is 22.8 Å². The van der Waals surface area contributed by atoms with E-state index in [0.29, 0.717) is 17.1 Å². The van der Waals surface area contributed by atoms with Gasteiger partial charge in [-0.25, -0.2) is 0 Å². The van der Waals surface area contributed by atoms with Crippen LogP contribution in [0.25, 0.3) is 0 Å². The van der Waals surface area contributed by atoms with Gasteiger partial charge in [-0.1, -0.05) is 31.9 Å². The topological polar surface area (TPSA) is 26.3 Å². The van der Waals surface area contributed by atoms with Gasteiger partial charge in [0.05, 0.1) is 5.56 Å². The molecule has 0 saturated carbocycles. The summed E-state index contributed by atoms with van der Waals surface area (Å²) in [7, 11) is 0. The summed E-state index contributed by atoms with van der Waals surface area (Å²) in [6, 6.07) is 11.1. The highest BCUT2D eigenvalue weighted by molar-refractivity contribution is 9.10. The van der Waals surface area contributed by atoms with Crippen molar-refractivity contribution in [3.63, 3.8) is 0 Å². The molecular formula is C15H12Br2O2. The number of Topliss-reactive ketones (excluding diaryl/α,β-unsaturated/α-hetero) is 1. The van der Waals surface area contributed by atoms with Crippen molar-refractivity contribution in [2.24, 2.45) is 0 Å². The number of rotatable bonds is 3. The summed E-state index contributed by atoms with van der Waals surface area (Å²) in [5.41, 5.74) is 1.65. The van der Waals surface area contributed by atoms with Gasteiger partial charge in [0.2, 0.25) is 0 Å². The molecule has 0 radical (unpaired) electrons. The average molecular weight is 384 g/mol. The molecule has 19 heavy (non-hydrogen) atoms. The molecule has 0 aliphatic rings. The van der Waals surface area contributed by atoms with Crippen molar-refractivity contribution in [3.05, 3.63) is 56.5 Å². The molecule has 0 N–H and O–H groups in total. The smallest absolute Gasteiger partial charge is 0.163 e. The number of carbonyl (C=O) groups excluding carboxylic acids is 1. The zero-order chi connectivity index (χ0) is 14.0. The van der Waals surface area contributed by atoms with E-state index < -0.39 is 0 Å². The summed E-state index contributed by atoms with van der Waals surface area (Å²) in [5, 5.41) is 0. The van der Waals surface area contributed by atoms with Crippen LogP contribution in [0.3, 0.4) is 0 Å². The van der Waals surface area contributed by atoms with E-state index in [1.54, 1.807) is 12.1 Å². The molecule has 0 fully saturated rings. The first-order valence-corrected chi connectivity index (χ1v) is 7.30. The molecule has 0 unspecified atom stereocenters. The van der Waals surface area contributed by atoms with E-state index in [9.17, 15) is 4.79 Å². The molecule has 2 nitrogen and oxygen atoms in total. The fourth-order valence-electron chi connectivity index (χ4n) is 1.68.